The summed E-state index contributed by atoms with van der Waals surface area (Å²) in [6, 6.07) is 7.93. The van der Waals surface area contributed by atoms with Gasteiger partial charge in [0.1, 0.15) is 0 Å². The van der Waals surface area contributed by atoms with Gasteiger partial charge in [-0.2, -0.15) is 0 Å². The summed E-state index contributed by atoms with van der Waals surface area (Å²) in [6.07, 6.45) is 0. The van der Waals surface area contributed by atoms with Crippen LogP contribution in [0.4, 0.5) is 5.69 Å². The molecule has 6 heteroatoms. The molecule has 0 atom stereocenters. The van der Waals surface area contributed by atoms with E-state index in [1.54, 1.807) is 18.2 Å². The highest BCUT2D eigenvalue weighted by Gasteiger charge is 1.98. The van der Waals surface area contributed by atoms with Crippen LogP contribution in [0.15, 0.2) is 30.3 Å². The van der Waals surface area contributed by atoms with Gasteiger partial charge < -0.3 is 0 Å². The van der Waals surface area contributed by atoms with Crippen LogP contribution in [0, 0.1) is 10.1 Å². The summed E-state index contributed by atoms with van der Waals surface area (Å²) in [5.41, 5.74) is 0.137. The van der Waals surface area contributed by atoms with Gasteiger partial charge in [0.15, 0.2) is 0 Å². The van der Waals surface area contributed by atoms with Crippen molar-refractivity contribution >= 4 is 35.5 Å². The summed E-state index contributed by atoms with van der Waals surface area (Å²) in [5.74, 6) is 0. The Morgan fingerprint density at radius 2 is 1.67 bits per heavy atom. The van der Waals surface area contributed by atoms with Crippen LogP contribution in [0.3, 0.4) is 0 Å². The van der Waals surface area contributed by atoms with E-state index in [0.29, 0.717) is 0 Å². The van der Waals surface area contributed by atoms with Gasteiger partial charge in [0, 0.05) is 12.1 Å². The van der Waals surface area contributed by atoms with Crippen molar-refractivity contribution in [2.45, 2.75) is 0 Å². The lowest BCUT2D eigenvalue weighted by Gasteiger charge is -1.85. The van der Waals surface area contributed by atoms with Crippen LogP contribution in [0.1, 0.15) is 0 Å². The van der Waals surface area contributed by atoms with Gasteiger partial charge in [-0.25, -0.2) is 0 Å². The van der Waals surface area contributed by atoms with Crippen LogP contribution < -0.4 is 0 Å². The smallest absolute Gasteiger partial charge is 0.258 e. The van der Waals surface area contributed by atoms with Crippen LogP contribution in [0.5, 0.6) is 0 Å². The number of non-ortho nitro benzene ring substituents is 1. The van der Waals surface area contributed by atoms with Crippen molar-refractivity contribution < 1.29 is 4.92 Å². The first-order valence-electron chi connectivity index (χ1n) is 2.88. The molecular formula is C6H6Cl2NO2P. The minimum Gasteiger partial charge on any atom is -0.258 e. The second-order valence-electron chi connectivity index (χ2n) is 1.66. The molecule has 3 nitrogen and oxygen atoms in total. The van der Waals surface area contributed by atoms with Crippen LogP contribution >= 0.6 is 29.8 Å². The zero-order valence-corrected chi connectivity index (χ0v) is 8.42. The lowest BCUT2D eigenvalue weighted by molar-refractivity contribution is -0.384. The van der Waals surface area contributed by atoms with E-state index in [9.17, 15) is 10.1 Å². The number of nitro benzene ring substituents is 1. The Hall–Kier alpha value is -0.370. The number of hydrogen-bond donors (Lipinski definition) is 0. The molecule has 0 saturated carbocycles. The molecule has 0 spiro atoms. The first kappa shape index (κ1) is 11.6. The maximum atomic E-state index is 10.0. The van der Waals surface area contributed by atoms with Crippen molar-refractivity contribution in [1.29, 1.82) is 0 Å². The summed E-state index contributed by atoms with van der Waals surface area (Å²) in [7, 11) is 0.0278. The van der Waals surface area contributed by atoms with Gasteiger partial charge in [-0.1, -0.05) is 40.7 Å². The zero-order chi connectivity index (χ0) is 9.40. The molecule has 0 aromatic heterocycles. The first-order valence-corrected chi connectivity index (χ1v) is 5.90. The van der Waals surface area contributed by atoms with Crippen LogP contribution in [-0.4, -0.2) is 4.92 Å². The van der Waals surface area contributed by atoms with E-state index in [0.717, 1.165) is 0 Å². The van der Waals surface area contributed by atoms with Crippen LogP contribution in [-0.2, 0) is 0 Å². The van der Waals surface area contributed by atoms with Gasteiger partial charge in [-0.15, -0.1) is 0 Å². The van der Waals surface area contributed by atoms with Crippen molar-refractivity contribution in [1.82, 2.24) is 0 Å². The highest BCUT2D eigenvalue weighted by atomic mass is 35.9. The summed E-state index contributed by atoms with van der Waals surface area (Å²) in [6.45, 7) is 0. The SMILES string of the molecule is ClPCl.O=[N+]([O-])c1ccccc1. The third-order valence-electron chi connectivity index (χ3n) is 0.967. The Labute approximate surface area is 81.2 Å². The number of benzene rings is 1. The molecule has 0 amide bonds. The molecule has 1 aromatic rings. The first-order chi connectivity index (χ1) is 5.72. The summed E-state index contributed by atoms with van der Waals surface area (Å²) < 4.78 is 0. The predicted molar refractivity (Wildman–Crippen MR) is 53.1 cm³/mol. The van der Waals surface area contributed by atoms with E-state index in [1.807, 2.05) is 0 Å². The minimum atomic E-state index is -0.417. The van der Waals surface area contributed by atoms with Crippen LogP contribution in [0.2, 0.25) is 0 Å². The highest BCUT2D eigenvalue weighted by Crippen LogP contribution is 2.19. The largest absolute Gasteiger partial charge is 0.269 e. The van der Waals surface area contributed by atoms with E-state index in [2.05, 4.69) is 0 Å². The number of nitro groups is 1. The highest BCUT2D eigenvalue weighted by molar-refractivity contribution is 7.90. The quantitative estimate of drug-likeness (QED) is 0.417. The summed E-state index contributed by atoms with van der Waals surface area (Å²) in [5, 5.41) is 10.0. The van der Waals surface area contributed by atoms with E-state index < -0.39 is 4.92 Å². The van der Waals surface area contributed by atoms with E-state index in [4.69, 9.17) is 22.5 Å². The molecule has 0 saturated heterocycles. The van der Waals surface area contributed by atoms with Gasteiger partial charge in [0.25, 0.3) is 5.69 Å². The van der Waals surface area contributed by atoms with Gasteiger partial charge in [-0.3, -0.25) is 10.1 Å². The monoisotopic (exact) mass is 225 g/mol. The average Bonchev–Trinajstić information content (AvgIpc) is 2.07. The number of hydrogen-bond acceptors (Lipinski definition) is 2. The van der Waals surface area contributed by atoms with E-state index >= 15 is 0 Å². The molecule has 12 heavy (non-hydrogen) atoms. The lowest BCUT2D eigenvalue weighted by atomic mass is 10.3. The van der Waals surface area contributed by atoms with E-state index in [-0.39, 0.29) is 13.0 Å². The molecule has 66 valence electrons. The molecule has 0 aliphatic rings. The standard InChI is InChI=1S/C6H5NO2.Cl2HP/c8-7(9)6-4-2-1-3-5-6;1-3-2/h1-5H;3H. The Morgan fingerprint density at radius 1 is 1.25 bits per heavy atom. The Balaban J connectivity index is 0.000000354. The van der Waals surface area contributed by atoms with Gasteiger partial charge in [0.2, 0.25) is 0 Å². The molecule has 0 radical (unpaired) electrons. The molecule has 0 N–H and O–H groups in total. The summed E-state index contributed by atoms with van der Waals surface area (Å²) >= 11 is 9.58. The summed E-state index contributed by atoms with van der Waals surface area (Å²) in [4.78, 5) is 9.59. The van der Waals surface area contributed by atoms with Crippen molar-refractivity contribution in [3.8, 4) is 0 Å². The Kier molecular flexibility index (Phi) is 7.06. The number of para-hydroxylation sites is 1. The molecular weight excluding hydrogens is 220 g/mol. The molecule has 1 rings (SSSR count). The molecule has 0 heterocycles. The van der Waals surface area contributed by atoms with Crippen molar-refractivity contribution in [2.75, 3.05) is 0 Å². The second-order valence-corrected chi connectivity index (χ2v) is 3.52. The molecule has 1 aromatic carbocycles. The fraction of sp³-hybridized carbons (Fsp3) is 0. The van der Waals surface area contributed by atoms with Crippen LogP contribution in [0.25, 0.3) is 0 Å². The number of rotatable bonds is 1. The van der Waals surface area contributed by atoms with Gasteiger partial charge >= 0.3 is 0 Å². The fourth-order valence-corrected chi connectivity index (χ4v) is 0.550. The Bertz CT molecular complexity index is 232. The number of halogens is 2. The maximum Gasteiger partial charge on any atom is 0.269 e. The average molecular weight is 226 g/mol. The van der Waals surface area contributed by atoms with Gasteiger partial charge in [-0.05, 0) is 0 Å². The molecule has 0 aliphatic carbocycles. The molecule has 0 bridgehead atoms. The Morgan fingerprint density at radius 3 is 1.92 bits per heavy atom. The van der Waals surface area contributed by atoms with Gasteiger partial charge in [0.05, 0.1) is 12.2 Å². The van der Waals surface area contributed by atoms with E-state index in [1.165, 1.54) is 12.1 Å². The molecule has 0 unspecified atom stereocenters. The fourth-order valence-electron chi connectivity index (χ4n) is 0.550. The topological polar surface area (TPSA) is 43.1 Å². The predicted octanol–water partition coefficient (Wildman–Crippen LogP) is 3.57. The van der Waals surface area contributed by atoms with Crippen molar-refractivity contribution in [3.63, 3.8) is 0 Å². The number of nitrogens with zero attached hydrogens (tertiary/aromatic N) is 1. The third kappa shape index (κ3) is 5.30. The molecule has 0 fully saturated rings. The zero-order valence-electron chi connectivity index (χ0n) is 5.91. The molecule has 0 aliphatic heterocycles. The minimum absolute atomic E-state index is 0.0278. The lowest BCUT2D eigenvalue weighted by Crippen LogP contribution is -1.84. The second kappa shape index (κ2) is 7.29. The van der Waals surface area contributed by atoms with Crippen molar-refractivity contribution in [2.24, 2.45) is 0 Å². The van der Waals surface area contributed by atoms with Crippen molar-refractivity contribution in [3.05, 3.63) is 40.4 Å². The third-order valence-corrected chi connectivity index (χ3v) is 0.967. The maximum absolute atomic E-state index is 10.0. The normalized spacial score (nSPS) is 8.17.